The highest BCUT2D eigenvalue weighted by atomic mass is 35.5. The fourth-order valence-electron chi connectivity index (χ4n) is 2.50. The molecule has 1 saturated heterocycles. The Hall–Kier alpha value is -1.66. The Balaban J connectivity index is 1.92. The Morgan fingerprint density at radius 3 is 2.82 bits per heavy atom. The minimum absolute atomic E-state index is 0.0839. The molecule has 120 valence electrons. The van der Waals surface area contributed by atoms with Crippen LogP contribution >= 0.6 is 11.6 Å². The summed E-state index contributed by atoms with van der Waals surface area (Å²) >= 11 is 5.95. The topological polar surface area (TPSA) is 60.9 Å². The van der Waals surface area contributed by atoms with Crippen molar-refractivity contribution in [1.82, 2.24) is 9.80 Å². The van der Waals surface area contributed by atoms with Gasteiger partial charge in [0.1, 0.15) is 5.82 Å². The van der Waals surface area contributed by atoms with Crippen LogP contribution < -0.4 is 0 Å². The van der Waals surface area contributed by atoms with E-state index in [1.807, 2.05) is 0 Å². The molecular formula is C15H18ClFN2O3. The molecule has 0 spiro atoms. The van der Waals surface area contributed by atoms with Gasteiger partial charge in [0.15, 0.2) is 0 Å². The summed E-state index contributed by atoms with van der Waals surface area (Å²) < 4.78 is 13.7. The molecule has 1 aliphatic rings. The van der Waals surface area contributed by atoms with E-state index in [1.54, 1.807) is 18.0 Å². The van der Waals surface area contributed by atoms with Crippen molar-refractivity contribution in [1.29, 1.82) is 0 Å². The Labute approximate surface area is 133 Å². The van der Waals surface area contributed by atoms with E-state index in [0.717, 1.165) is 0 Å². The van der Waals surface area contributed by atoms with Crippen molar-refractivity contribution in [3.05, 3.63) is 34.6 Å². The standard InChI is InChI=1S/C15H18ClFN2O3/c1-18(8-11-12(16)3-2-4-13(11)17)14(20)9-19-6-5-10(7-19)15(21)22/h2-4,10H,5-9H2,1H3,(H,21,22). The largest absolute Gasteiger partial charge is 0.481 e. The first-order chi connectivity index (χ1) is 10.4. The van der Waals surface area contributed by atoms with Gasteiger partial charge in [-0.15, -0.1) is 0 Å². The quantitative estimate of drug-likeness (QED) is 0.896. The predicted octanol–water partition coefficient (Wildman–Crippen LogP) is 1.84. The highest BCUT2D eigenvalue weighted by molar-refractivity contribution is 6.31. The zero-order valence-electron chi connectivity index (χ0n) is 12.3. The molecule has 1 aromatic carbocycles. The molecule has 1 unspecified atom stereocenters. The van der Waals surface area contributed by atoms with Crippen LogP contribution in [-0.2, 0) is 16.1 Å². The summed E-state index contributed by atoms with van der Waals surface area (Å²) in [4.78, 5) is 26.3. The lowest BCUT2D eigenvalue weighted by molar-refractivity contribution is -0.141. The molecule has 0 aliphatic carbocycles. The molecule has 0 saturated carbocycles. The number of likely N-dealkylation sites (N-methyl/N-ethyl adjacent to an activating group) is 1. The number of amides is 1. The third-order valence-corrected chi connectivity index (χ3v) is 4.22. The van der Waals surface area contributed by atoms with E-state index in [0.29, 0.717) is 19.5 Å². The van der Waals surface area contributed by atoms with Crippen LogP contribution in [0.25, 0.3) is 0 Å². The summed E-state index contributed by atoms with van der Waals surface area (Å²) in [7, 11) is 1.58. The van der Waals surface area contributed by atoms with Crippen molar-refractivity contribution in [3.63, 3.8) is 0 Å². The molecular weight excluding hydrogens is 311 g/mol. The van der Waals surface area contributed by atoms with Crippen LogP contribution in [-0.4, -0.2) is 53.5 Å². The van der Waals surface area contributed by atoms with Gasteiger partial charge in [-0.25, -0.2) is 4.39 Å². The minimum Gasteiger partial charge on any atom is -0.481 e. The predicted molar refractivity (Wildman–Crippen MR) is 80.1 cm³/mol. The first kappa shape index (κ1) is 16.7. The van der Waals surface area contributed by atoms with Gasteiger partial charge in [0, 0.05) is 30.7 Å². The van der Waals surface area contributed by atoms with E-state index in [4.69, 9.17) is 16.7 Å². The second-order valence-corrected chi connectivity index (χ2v) is 5.92. The van der Waals surface area contributed by atoms with E-state index in [1.165, 1.54) is 17.0 Å². The number of likely N-dealkylation sites (tertiary alicyclic amines) is 1. The lowest BCUT2D eigenvalue weighted by atomic mass is 10.1. The number of aliphatic carboxylic acids is 1. The maximum Gasteiger partial charge on any atom is 0.307 e. The van der Waals surface area contributed by atoms with Gasteiger partial charge in [0.25, 0.3) is 0 Å². The smallest absolute Gasteiger partial charge is 0.307 e. The average Bonchev–Trinajstić information content (AvgIpc) is 2.91. The Morgan fingerprint density at radius 1 is 1.50 bits per heavy atom. The molecule has 1 fully saturated rings. The lowest BCUT2D eigenvalue weighted by Gasteiger charge is -2.22. The SMILES string of the molecule is CN(Cc1c(F)cccc1Cl)C(=O)CN1CCC(C(=O)O)C1. The molecule has 5 nitrogen and oxygen atoms in total. The Morgan fingerprint density at radius 2 is 2.23 bits per heavy atom. The van der Waals surface area contributed by atoms with Crippen LogP contribution in [0.3, 0.4) is 0 Å². The number of hydrogen-bond donors (Lipinski definition) is 1. The van der Waals surface area contributed by atoms with Crippen LogP contribution in [0.15, 0.2) is 18.2 Å². The van der Waals surface area contributed by atoms with Gasteiger partial charge in [0.05, 0.1) is 12.5 Å². The van der Waals surface area contributed by atoms with Crippen molar-refractivity contribution in [2.24, 2.45) is 5.92 Å². The van der Waals surface area contributed by atoms with Crippen molar-refractivity contribution < 1.29 is 19.1 Å². The number of rotatable bonds is 5. The zero-order chi connectivity index (χ0) is 16.3. The van der Waals surface area contributed by atoms with Crippen molar-refractivity contribution in [2.75, 3.05) is 26.7 Å². The monoisotopic (exact) mass is 328 g/mol. The van der Waals surface area contributed by atoms with E-state index in [-0.39, 0.29) is 29.6 Å². The van der Waals surface area contributed by atoms with Crippen LogP contribution in [0.4, 0.5) is 4.39 Å². The molecule has 1 amide bonds. The lowest BCUT2D eigenvalue weighted by Crippen LogP contribution is -2.37. The summed E-state index contributed by atoms with van der Waals surface area (Å²) in [6.45, 7) is 1.17. The van der Waals surface area contributed by atoms with Gasteiger partial charge < -0.3 is 10.0 Å². The normalized spacial score (nSPS) is 18.4. The number of carboxylic acids is 1. The molecule has 0 radical (unpaired) electrons. The number of benzene rings is 1. The summed E-state index contributed by atoms with van der Waals surface area (Å²) in [5, 5.41) is 9.24. The minimum atomic E-state index is -0.832. The van der Waals surface area contributed by atoms with E-state index >= 15 is 0 Å². The first-order valence-electron chi connectivity index (χ1n) is 7.00. The Kier molecular flexibility index (Phi) is 5.37. The second kappa shape index (κ2) is 7.07. The van der Waals surface area contributed by atoms with Gasteiger partial charge in [-0.2, -0.15) is 0 Å². The van der Waals surface area contributed by atoms with Gasteiger partial charge >= 0.3 is 5.97 Å². The van der Waals surface area contributed by atoms with E-state index < -0.39 is 17.7 Å². The van der Waals surface area contributed by atoms with Crippen molar-refractivity contribution >= 4 is 23.5 Å². The van der Waals surface area contributed by atoms with E-state index in [9.17, 15) is 14.0 Å². The fraction of sp³-hybridized carbons (Fsp3) is 0.467. The van der Waals surface area contributed by atoms with Crippen LogP contribution in [0.2, 0.25) is 5.02 Å². The molecule has 1 aliphatic heterocycles. The number of carboxylic acid groups (broad SMARTS) is 1. The van der Waals surface area contributed by atoms with Crippen molar-refractivity contribution in [3.8, 4) is 0 Å². The van der Waals surface area contributed by atoms with Gasteiger partial charge in [-0.3, -0.25) is 14.5 Å². The van der Waals surface area contributed by atoms with Crippen LogP contribution in [0.5, 0.6) is 0 Å². The molecule has 1 heterocycles. The van der Waals surface area contributed by atoms with Gasteiger partial charge in [-0.05, 0) is 25.1 Å². The summed E-state index contributed by atoms with van der Waals surface area (Å²) in [5.41, 5.74) is 0.282. The third kappa shape index (κ3) is 3.96. The molecule has 1 N–H and O–H groups in total. The number of hydrogen-bond acceptors (Lipinski definition) is 3. The maximum atomic E-state index is 13.7. The Bertz CT molecular complexity index is 562. The molecule has 1 atom stereocenters. The highest BCUT2D eigenvalue weighted by Gasteiger charge is 2.29. The van der Waals surface area contributed by atoms with Crippen molar-refractivity contribution in [2.45, 2.75) is 13.0 Å². The van der Waals surface area contributed by atoms with Crippen LogP contribution in [0, 0.1) is 11.7 Å². The molecule has 2 rings (SSSR count). The number of carbonyl (C=O) groups is 2. The van der Waals surface area contributed by atoms with Gasteiger partial charge in [0.2, 0.25) is 5.91 Å². The van der Waals surface area contributed by atoms with Gasteiger partial charge in [-0.1, -0.05) is 17.7 Å². The fourth-order valence-corrected chi connectivity index (χ4v) is 2.72. The third-order valence-electron chi connectivity index (χ3n) is 3.86. The van der Waals surface area contributed by atoms with Crippen LogP contribution in [0.1, 0.15) is 12.0 Å². The molecule has 22 heavy (non-hydrogen) atoms. The summed E-state index contributed by atoms with van der Waals surface area (Å²) in [6.07, 6.45) is 0.547. The molecule has 1 aromatic rings. The van der Waals surface area contributed by atoms with E-state index in [2.05, 4.69) is 0 Å². The first-order valence-corrected chi connectivity index (χ1v) is 7.38. The molecule has 7 heteroatoms. The maximum absolute atomic E-state index is 13.7. The summed E-state index contributed by atoms with van der Waals surface area (Å²) in [5.74, 6) is -1.88. The zero-order valence-corrected chi connectivity index (χ0v) is 13.0. The number of carbonyl (C=O) groups excluding carboxylic acids is 1. The molecule has 0 bridgehead atoms. The number of nitrogens with zero attached hydrogens (tertiary/aromatic N) is 2. The highest BCUT2D eigenvalue weighted by Crippen LogP contribution is 2.21. The molecule has 0 aromatic heterocycles. The second-order valence-electron chi connectivity index (χ2n) is 5.51. The average molecular weight is 329 g/mol. The summed E-state index contributed by atoms with van der Waals surface area (Å²) in [6, 6.07) is 4.40. The number of halogens is 2.